The predicted molar refractivity (Wildman–Crippen MR) is 110 cm³/mol. The lowest BCUT2D eigenvalue weighted by Gasteiger charge is -2.26. The van der Waals surface area contributed by atoms with Crippen molar-refractivity contribution in [3.8, 4) is 0 Å². The standard InChI is InChI=1S/C22H26F3NOS/c1-14-10-15(2)18(16(3)11-14)12-28-21(4,5)13-26-20(27)17-8-6-7-9-19(17)22(23,24)25/h6-11H,12-13H2,1-5H3,(H,26,27). The highest BCUT2D eigenvalue weighted by atomic mass is 32.2. The van der Waals surface area contributed by atoms with Crippen molar-refractivity contribution < 1.29 is 18.0 Å². The third kappa shape index (κ3) is 5.77. The van der Waals surface area contributed by atoms with Crippen LogP contribution in [0, 0.1) is 20.8 Å². The van der Waals surface area contributed by atoms with Gasteiger partial charge in [-0.25, -0.2) is 0 Å². The zero-order valence-electron chi connectivity index (χ0n) is 16.8. The van der Waals surface area contributed by atoms with E-state index in [0.717, 1.165) is 11.8 Å². The lowest BCUT2D eigenvalue weighted by molar-refractivity contribution is -0.137. The molecule has 152 valence electrons. The molecular weight excluding hydrogens is 383 g/mol. The summed E-state index contributed by atoms with van der Waals surface area (Å²) in [6.45, 7) is 10.5. The van der Waals surface area contributed by atoms with Crippen LogP contribution in [-0.2, 0) is 11.9 Å². The molecule has 0 aliphatic heterocycles. The maximum absolute atomic E-state index is 13.1. The fourth-order valence-electron chi connectivity index (χ4n) is 3.07. The van der Waals surface area contributed by atoms with E-state index in [4.69, 9.17) is 0 Å². The number of alkyl halides is 3. The quantitative estimate of drug-likeness (QED) is 0.627. The van der Waals surface area contributed by atoms with E-state index < -0.39 is 17.6 Å². The molecule has 0 fully saturated rings. The Kier molecular flexibility index (Phi) is 6.86. The summed E-state index contributed by atoms with van der Waals surface area (Å²) in [5.41, 5.74) is 3.67. The van der Waals surface area contributed by atoms with E-state index in [0.29, 0.717) is 0 Å². The summed E-state index contributed by atoms with van der Waals surface area (Å²) >= 11 is 1.68. The van der Waals surface area contributed by atoms with Gasteiger partial charge in [0.25, 0.3) is 5.91 Å². The molecule has 2 rings (SSSR count). The lowest BCUT2D eigenvalue weighted by Crippen LogP contribution is -2.37. The van der Waals surface area contributed by atoms with Crippen molar-refractivity contribution in [3.63, 3.8) is 0 Å². The van der Waals surface area contributed by atoms with Gasteiger partial charge in [-0.3, -0.25) is 4.79 Å². The summed E-state index contributed by atoms with van der Waals surface area (Å²) in [4.78, 5) is 12.4. The fraction of sp³-hybridized carbons (Fsp3) is 0.409. The molecule has 2 nitrogen and oxygen atoms in total. The Morgan fingerprint density at radius 3 is 2.18 bits per heavy atom. The number of carbonyl (C=O) groups excluding carboxylic acids is 1. The van der Waals surface area contributed by atoms with Crippen molar-refractivity contribution in [1.82, 2.24) is 5.32 Å². The Bertz CT molecular complexity index is 836. The molecular formula is C22H26F3NOS. The number of aryl methyl sites for hydroxylation is 3. The van der Waals surface area contributed by atoms with Gasteiger partial charge in [0.15, 0.2) is 0 Å². The minimum absolute atomic E-state index is 0.270. The van der Waals surface area contributed by atoms with Gasteiger partial charge in [-0.05, 0) is 63.4 Å². The molecule has 6 heteroatoms. The third-order valence-corrected chi connectivity index (χ3v) is 5.96. The number of rotatable bonds is 6. The van der Waals surface area contributed by atoms with Crippen LogP contribution in [0.15, 0.2) is 36.4 Å². The van der Waals surface area contributed by atoms with Crippen LogP contribution < -0.4 is 5.32 Å². The topological polar surface area (TPSA) is 29.1 Å². The molecule has 0 aromatic heterocycles. The van der Waals surface area contributed by atoms with E-state index in [2.05, 4.69) is 38.2 Å². The van der Waals surface area contributed by atoms with Gasteiger partial charge >= 0.3 is 6.18 Å². The smallest absolute Gasteiger partial charge is 0.351 e. The monoisotopic (exact) mass is 409 g/mol. The second kappa shape index (κ2) is 8.60. The molecule has 0 saturated carbocycles. The van der Waals surface area contributed by atoms with Gasteiger partial charge in [0.2, 0.25) is 0 Å². The van der Waals surface area contributed by atoms with Crippen molar-refractivity contribution in [1.29, 1.82) is 0 Å². The average molecular weight is 410 g/mol. The Hall–Kier alpha value is -1.95. The number of thioether (sulfide) groups is 1. The molecule has 2 aromatic carbocycles. The second-order valence-corrected chi connectivity index (χ2v) is 9.33. The van der Waals surface area contributed by atoms with Crippen LogP contribution in [0.1, 0.15) is 52.0 Å². The SMILES string of the molecule is Cc1cc(C)c(CSC(C)(C)CNC(=O)c2ccccc2C(F)(F)F)c(C)c1. The van der Waals surface area contributed by atoms with Gasteiger partial charge in [-0.15, -0.1) is 11.8 Å². The highest BCUT2D eigenvalue weighted by molar-refractivity contribution is 7.99. The van der Waals surface area contributed by atoms with Crippen LogP contribution in [0.4, 0.5) is 13.2 Å². The van der Waals surface area contributed by atoms with E-state index in [-0.39, 0.29) is 16.9 Å². The van der Waals surface area contributed by atoms with Crippen LogP contribution in [0.3, 0.4) is 0 Å². The van der Waals surface area contributed by atoms with Gasteiger partial charge < -0.3 is 5.32 Å². The van der Waals surface area contributed by atoms with Crippen molar-refractivity contribution in [2.24, 2.45) is 0 Å². The van der Waals surface area contributed by atoms with E-state index in [1.165, 1.54) is 40.5 Å². The molecule has 0 aliphatic carbocycles. The normalized spacial score (nSPS) is 12.1. The fourth-order valence-corrected chi connectivity index (χ4v) is 4.24. The molecule has 0 aliphatic rings. The molecule has 0 heterocycles. The summed E-state index contributed by atoms with van der Waals surface area (Å²) < 4.78 is 39.0. The Labute approximate surface area is 168 Å². The largest absolute Gasteiger partial charge is 0.417 e. The number of hydrogen-bond donors (Lipinski definition) is 1. The third-order valence-electron chi connectivity index (χ3n) is 4.60. The molecule has 28 heavy (non-hydrogen) atoms. The van der Waals surface area contributed by atoms with E-state index >= 15 is 0 Å². The maximum Gasteiger partial charge on any atom is 0.417 e. The summed E-state index contributed by atoms with van der Waals surface area (Å²) in [6.07, 6.45) is -4.56. The molecule has 0 bridgehead atoms. The zero-order valence-corrected chi connectivity index (χ0v) is 17.6. The Morgan fingerprint density at radius 2 is 1.61 bits per heavy atom. The number of halogens is 3. The van der Waals surface area contributed by atoms with E-state index in [9.17, 15) is 18.0 Å². The summed E-state index contributed by atoms with van der Waals surface area (Å²) in [5.74, 6) is 0.0734. The highest BCUT2D eigenvalue weighted by Gasteiger charge is 2.35. The van der Waals surface area contributed by atoms with E-state index in [1.807, 2.05) is 13.8 Å². The number of amides is 1. The van der Waals surface area contributed by atoms with Crippen LogP contribution in [0.2, 0.25) is 0 Å². The van der Waals surface area contributed by atoms with Crippen LogP contribution in [0.5, 0.6) is 0 Å². The first kappa shape index (κ1) is 22.3. The molecule has 0 radical (unpaired) electrons. The maximum atomic E-state index is 13.1. The first-order valence-electron chi connectivity index (χ1n) is 9.06. The van der Waals surface area contributed by atoms with Gasteiger partial charge in [-0.1, -0.05) is 29.8 Å². The molecule has 0 spiro atoms. The molecule has 0 saturated heterocycles. The number of benzene rings is 2. The number of nitrogens with one attached hydrogen (secondary N) is 1. The molecule has 1 amide bonds. The highest BCUT2D eigenvalue weighted by Crippen LogP contribution is 2.33. The van der Waals surface area contributed by atoms with Gasteiger partial charge in [0.1, 0.15) is 0 Å². The minimum atomic E-state index is -4.56. The van der Waals surface area contributed by atoms with E-state index in [1.54, 1.807) is 11.8 Å². The first-order chi connectivity index (χ1) is 12.9. The summed E-state index contributed by atoms with van der Waals surface area (Å²) in [7, 11) is 0. The lowest BCUT2D eigenvalue weighted by atomic mass is 10.0. The molecule has 2 aromatic rings. The van der Waals surface area contributed by atoms with Crippen molar-refractivity contribution >= 4 is 17.7 Å². The number of carbonyl (C=O) groups is 1. The van der Waals surface area contributed by atoms with Crippen molar-refractivity contribution in [3.05, 3.63) is 69.8 Å². The Balaban J connectivity index is 2.03. The molecule has 0 atom stereocenters. The summed E-state index contributed by atoms with van der Waals surface area (Å²) in [6, 6.07) is 9.14. The minimum Gasteiger partial charge on any atom is -0.351 e. The average Bonchev–Trinajstić information content (AvgIpc) is 2.58. The van der Waals surface area contributed by atoms with Crippen molar-refractivity contribution in [2.75, 3.05) is 6.54 Å². The van der Waals surface area contributed by atoms with Crippen LogP contribution in [-0.4, -0.2) is 17.2 Å². The summed E-state index contributed by atoms with van der Waals surface area (Å²) in [5, 5.41) is 2.67. The zero-order chi connectivity index (χ0) is 21.1. The van der Waals surface area contributed by atoms with Gasteiger partial charge in [-0.2, -0.15) is 13.2 Å². The molecule has 1 N–H and O–H groups in total. The van der Waals surface area contributed by atoms with Crippen LogP contribution in [0.25, 0.3) is 0 Å². The van der Waals surface area contributed by atoms with Gasteiger partial charge in [0, 0.05) is 17.0 Å². The molecule has 0 unspecified atom stereocenters. The number of hydrogen-bond acceptors (Lipinski definition) is 2. The first-order valence-corrected chi connectivity index (χ1v) is 10.0. The second-order valence-electron chi connectivity index (χ2n) is 7.65. The predicted octanol–water partition coefficient (Wildman–Crippen LogP) is 6.07. The van der Waals surface area contributed by atoms with Gasteiger partial charge in [0.05, 0.1) is 11.1 Å². The Morgan fingerprint density at radius 1 is 1.04 bits per heavy atom. The van der Waals surface area contributed by atoms with Crippen molar-refractivity contribution in [2.45, 2.75) is 51.3 Å². The van der Waals surface area contributed by atoms with Crippen LogP contribution >= 0.6 is 11.8 Å².